The Morgan fingerprint density at radius 3 is 2.58 bits per heavy atom. The summed E-state index contributed by atoms with van der Waals surface area (Å²) < 4.78 is 23.8. The van der Waals surface area contributed by atoms with E-state index in [2.05, 4.69) is 10.6 Å². The van der Waals surface area contributed by atoms with E-state index in [1.54, 1.807) is 24.3 Å². The van der Waals surface area contributed by atoms with Gasteiger partial charge >= 0.3 is 6.03 Å². The molecule has 1 aliphatic heterocycles. The molecule has 4 amide bonds. The van der Waals surface area contributed by atoms with Crippen LogP contribution in [0.2, 0.25) is 0 Å². The van der Waals surface area contributed by atoms with E-state index in [9.17, 15) is 18.8 Å². The van der Waals surface area contributed by atoms with Crippen molar-refractivity contribution in [1.82, 2.24) is 10.2 Å². The molecule has 1 aliphatic rings. The number of amides is 4. The van der Waals surface area contributed by atoms with E-state index in [-0.39, 0.29) is 18.2 Å². The zero-order valence-corrected chi connectivity index (χ0v) is 17.1. The van der Waals surface area contributed by atoms with Gasteiger partial charge in [0, 0.05) is 12.2 Å². The zero-order valence-electron chi connectivity index (χ0n) is 17.1. The molecule has 2 N–H and O–H groups in total. The van der Waals surface area contributed by atoms with Gasteiger partial charge in [0.15, 0.2) is 18.1 Å². The van der Waals surface area contributed by atoms with E-state index in [1.165, 1.54) is 31.4 Å². The number of carbonyl (C=O) groups is 3. The smallest absolute Gasteiger partial charge is 0.329 e. The van der Waals surface area contributed by atoms with E-state index in [4.69, 9.17) is 9.47 Å². The van der Waals surface area contributed by atoms with Crippen molar-refractivity contribution in [1.29, 1.82) is 0 Å². The molecular weight excluding hydrogens is 405 g/mol. The van der Waals surface area contributed by atoms with Crippen molar-refractivity contribution in [2.45, 2.75) is 13.3 Å². The first kappa shape index (κ1) is 21.8. The number of imide groups is 1. The lowest BCUT2D eigenvalue weighted by Gasteiger charge is -2.12. The van der Waals surface area contributed by atoms with Gasteiger partial charge in [-0.3, -0.25) is 14.5 Å². The summed E-state index contributed by atoms with van der Waals surface area (Å²) >= 11 is 0. The van der Waals surface area contributed by atoms with Crippen LogP contribution in [0.3, 0.4) is 0 Å². The van der Waals surface area contributed by atoms with Crippen LogP contribution in [0.15, 0.2) is 48.2 Å². The molecule has 0 saturated carbocycles. The number of urea groups is 1. The summed E-state index contributed by atoms with van der Waals surface area (Å²) in [5, 5.41) is 5.15. The summed E-state index contributed by atoms with van der Waals surface area (Å²) in [6.07, 6.45) is 2.21. The molecule has 0 bridgehead atoms. The molecule has 1 fully saturated rings. The van der Waals surface area contributed by atoms with Crippen LogP contribution in [-0.4, -0.2) is 43.0 Å². The van der Waals surface area contributed by atoms with E-state index < -0.39 is 17.8 Å². The number of rotatable bonds is 8. The molecule has 8 nitrogen and oxygen atoms in total. The number of hydrogen-bond donors (Lipinski definition) is 2. The predicted molar refractivity (Wildman–Crippen MR) is 112 cm³/mol. The molecule has 0 spiro atoms. The fraction of sp³-hybridized carbons (Fsp3) is 0.227. The number of nitrogens with zero attached hydrogens (tertiary/aromatic N) is 1. The maximum absolute atomic E-state index is 12.9. The van der Waals surface area contributed by atoms with Gasteiger partial charge in [-0.15, -0.1) is 0 Å². The molecule has 9 heteroatoms. The second-order valence-electron chi connectivity index (χ2n) is 6.70. The van der Waals surface area contributed by atoms with Gasteiger partial charge in [-0.1, -0.05) is 13.0 Å². The number of nitrogens with one attached hydrogen (secondary N) is 2. The molecule has 0 radical (unpaired) electrons. The monoisotopic (exact) mass is 427 g/mol. The zero-order chi connectivity index (χ0) is 22.4. The maximum Gasteiger partial charge on any atom is 0.329 e. The van der Waals surface area contributed by atoms with Crippen molar-refractivity contribution in [2.75, 3.05) is 25.6 Å². The summed E-state index contributed by atoms with van der Waals surface area (Å²) in [6.45, 7) is 1.94. The fourth-order valence-electron chi connectivity index (χ4n) is 2.93. The quantitative estimate of drug-likeness (QED) is 0.498. The van der Waals surface area contributed by atoms with Gasteiger partial charge in [0.1, 0.15) is 11.5 Å². The molecular formula is C22H22FN3O5. The molecule has 1 saturated heterocycles. The molecule has 162 valence electrons. The summed E-state index contributed by atoms with van der Waals surface area (Å²) in [7, 11) is 1.45. The van der Waals surface area contributed by atoms with Crippen LogP contribution < -0.4 is 20.1 Å². The molecule has 0 unspecified atom stereocenters. The van der Waals surface area contributed by atoms with E-state index in [0.29, 0.717) is 35.7 Å². The summed E-state index contributed by atoms with van der Waals surface area (Å²) in [6, 6.07) is 9.82. The topological polar surface area (TPSA) is 97.0 Å². The first-order valence-electron chi connectivity index (χ1n) is 9.62. The number of carbonyl (C=O) groups excluding carboxylic acids is 3. The third-order valence-corrected chi connectivity index (χ3v) is 4.39. The number of ether oxygens (including phenoxy) is 2. The minimum absolute atomic E-state index is 0.174. The summed E-state index contributed by atoms with van der Waals surface area (Å²) in [5.74, 6) is -0.524. The molecule has 31 heavy (non-hydrogen) atoms. The van der Waals surface area contributed by atoms with Crippen molar-refractivity contribution in [3.05, 3.63) is 59.5 Å². The van der Waals surface area contributed by atoms with E-state index in [1.807, 2.05) is 6.92 Å². The van der Waals surface area contributed by atoms with Gasteiger partial charge in [-0.25, -0.2) is 9.18 Å². The average Bonchev–Trinajstić information content (AvgIpc) is 3.02. The Bertz CT molecular complexity index is 1020. The summed E-state index contributed by atoms with van der Waals surface area (Å²) in [4.78, 5) is 37.4. The Kier molecular flexibility index (Phi) is 6.86. The normalized spacial score (nSPS) is 14.5. The molecule has 2 aromatic carbocycles. The standard InChI is InChI=1S/C22H22FN3O5/c1-3-10-26-21(28)17(25-22(26)29)11-14-4-9-18(19(12-14)30-2)31-13-20(27)24-16-7-5-15(23)6-8-16/h4-9,11-12H,3,10,13H2,1-2H3,(H,24,27)(H,25,29)/b17-11+. The van der Waals surface area contributed by atoms with Gasteiger partial charge in [0.05, 0.1) is 7.11 Å². The molecule has 3 rings (SSSR count). The van der Waals surface area contributed by atoms with Crippen molar-refractivity contribution >= 4 is 29.6 Å². The van der Waals surface area contributed by atoms with Crippen molar-refractivity contribution in [3.63, 3.8) is 0 Å². The third-order valence-electron chi connectivity index (χ3n) is 4.39. The first-order chi connectivity index (χ1) is 14.9. The number of anilines is 1. The number of methoxy groups -OCH3 is 1. The van der Waals surface area contributed by atoms with Crippen LogP contribution in [0.1, 0.15) is 18.9 Å². The van der Waals surface area contributed by atoms with Gasteiger partial charge in [0.2, 0.25) is 0 Å². The van der Waals surface area contributed by atoms with Crippen LogP contribution in [-0.2, 0) is 9.59 Å². The lowest BCUT2D eigenvalue weighted by Crippen LogP contribution is -2.31. The highest BCUT2D eigenvalue weighted by Gasteiger charge is 2.32. The van der Waals surface area contributed by atoms with Crippen LogP contribution in [0, 0.1) is 5.82 Å². The van der Waals surface area contributed by atoms with Crippen molar-refractivity contribution in [2.24, 2.45) is 0 Å². The summed E-state index contributed by atoms with van der Waals surface area (Å²) in [5.41, 5.74) is 1.24. The number of halogens is 1. The highest BCUT2D eigenvalue weighted by Crippen LogP contribution is 2.29. The Morgan fingerprint density at radius 2 is 1.90 bits per heavy atom. The second kappa shape index (κ2) is 9.75. The number of hydrogen-bond acceptors (Lipinski definition) is 5. The van der Waals surface area contributed by atoms with Crippen LogP contribution >= 0.6 is 0 Å². The lowest BCUT2D eigenvalue weighted by molar-refractivity contribution is -0.123. The maximum atomic E-state index is 12.9. The molecule has 0 atom stereocenters. The Labute approximate surface area is 178 Å². The van der Waals surface area contributed by atoms with Gasteiger partial charge in [-0.05, 0) is 54.5 Å². The Hall–Kier alpha value is -3.88. The second-order valence-corrected chi connectivity index (χ2v) is 6.70. The fourth-order valence-corrected chi connectivity index (χ4v) is 2.93. The predicted octanol–water partition coefficient (Wildman–Crippen LogP) is 3.15. The van der Waals surface area contributed by atoms with Crippen molar-refractivity contribution in [3.8, 4) is 11.5 Å². The van der Waals surface area contributed by atoms with Gasteiger partial charge < -0.3 is 20.1 Å². The lowest BCUT2D eigenvalue weighted by atomic mass is 10.1. The van der Waals surface area contributed by atoms with Gasteiger partial charge in [-0.2, -0.15) is 0 Å². The average molecular weight is 427 g/mol. The van der Waals surface area contributed by atoms with Crippen molar-refractivity contribution < 1.29 is 28.2 Å². The van der Waals surface area contributed by atoms with E-state index in [0.717, 1.165) is 4.90 Å². The van der Waals surface area contributed by atoms with E-state index >= 15 is 0 Å². The van der Waals surface area contributed by atoms with Crippen LogP contribution in [0.25, 0.3) is 6.08 Å². The molecule has 2 aromatic rings. The van der Waals surface area contributed by atoms with Crippen LogP contribution in [0.4, 0.5) is 14.9 Å². The van der Waals surface area contributed by atoms with Crippen LogP contribution in [0.5, 0.6) is 11.5 Å². The molecule has 0 aliphatic carbocycles. The number of benzene rings is 2. The first-order valence-corrected chi connectivity index (χ1v) is 9.62. The highest BCUT2D eigenvalue weighted by molar-refractivity contribution is 6.14. The SMILES string of the molecule is CCCN1C(=O)N/C(=C/c2ccc(OCC(=O)Nc3ccc(F)cc3)c(OC)c2)C1=O. The Balaban J connectivity index is 1.66. The highest BCUT2D eigenvalue weighted by atomic mass is 19.1. The minimum Gasteiger partial charge on any atom is -0.493 e. The molecule has 0 aromatic heterocycles. The van der Waals surface area contributed by atoms with Gasteiger partial charge in [0.25, 0.3) is 11.8 Å². The largest absolute Gasteiger partial charge is 0.493 e. The minimum atomic E-state index is -0.447. The Morgan fingerprint density at radius 1 is 1.16 bits per heavy atom. The third kappa shape index (κ3) is 5.39. The molecule has 1 heterocycles.